The first-order valence-electron chi connectivity index (χ1n) is 7.66. The predicted molar refractivity (Wildman–Crippen MR) is 84.6 cm³/mol. The van der Waals surface area contributed by atoms with E-state index >= 15 is 0 Å². The molecule has 116 valence electrons. The van der Waals surface area contributed by atoms with Crippen molar-refractivity contribution in [3.05, 3.63) is 29.8 Å². The maximum absolute atomic E-state index is 12.4. The standard InChI is InChI=1S/C17H26N2O2/c1-13(14-5-4-6-15(11-14)21-3)16(20)19-12-17(2)7-9-18-10-8-17/h4-6,11,13,18H,7-10,12H2,1-3H3,(H,19,20). The zero-order chi connectivity index (χ0) is 15.3. The lowest BCUT2D eigenvalue weighted by atomic mass is 9.81. The van der Waals surface area contributed by atoms with E-state index in [0.29, 0.717) is 0 Å². The summed E-state index contributed by atoms with van der Waals surface area (Å²) in [5.41, 5.74) is 1.21. The van der Waals surface area contributed by atoms with Gasteiger partial charge in [-0.25, -0.2) is 0 Å². The first kappa shape index (κ1) is 15.8. The van der Waals surface area contributed by atoms with Crippen LogP contribution in [0.15, 0.2) is 24.3 Å². The number of ether oxygens (including phenoxy) is 1. The van der Waals surface area contributed by atoms with Crippen molar-refractivity contribution in [2.24, 2.45) is 5.41 Å². The minimum atomic E-state index is -0.162. The second-order valence-electron chi connectivity index (χ2n) is 6.28. The van der Waals surface area contributed by atoms with E-state index in [4.69, 9.17) is 4.74 Å². The van der Waals surface area contributed by atoms with Gasteiger partial charge in [0, 0.05) is 6.54 Å². The molecule has 1 atom stereocenters. The number of hydrogen-bond acceptors (Lipinski definition) is 3. The minimum absolute atomic E-state index is 0.0861. The molecular formula is C17H26N2O2. The second-order valence-corrected chi connectivity index (χ2v) is 6.28. The molecular weight excluding hydrogens is 264 g/mol. The summed E-state index contributed by atoms with van der Waals surface area (Å²) < 4.78 is 5.22. The largest absolute Gasteiger partial charge is 0.497 e. The third kappa shape index (κ3) is 4.21. The fraction of sp³-hybridized carbons (Fsp3) is 0.588. The highest BCUT2D eigenvalue weighted by Crippen LogP contribution is 2.27. The Morgan fingerprint density at radius 3 is 2.81 bits per heavy atom. The molecule has 1 heterocycles. The molecule has 0 spiro atoms. The van der Waals surface area contributed by atoms with Crippen LogP contribution in [0.5, 0.6) is 5.75 Å². The van der Waals surface area contributed by atoms with Crippen molar-refractivity contribution in [1.29, 1.82) is 0 Å². The molecule has 21 heavy (non-hydrogen) atoms. The molecule has 0 radical (unpaired) electrons. The molecule has 2 N–H and O–H groups in total. The summed E-state index contributed by atoms with van der Waals surface area (Å²) in [5, 5.41) is 6.48. The van der Waals surface area contributed by atoms with Crippen molar-refractivity contribution in [1.82, 2.24) is 10.6 Å². The van der Waals surface area contributed by atoms with E-state index in [2.05, 4.69) is 17.6 Å². The van der Waals surface area contributed by atoms with E-state index in [-0.39, 0.29) is 17.2 Å². The maximum atomic E-state index is 12.4. The van der Waals surface area contributed by atoms with Crippen LogP contribution in [0.1, 0.15) is 38.2 Å². The van der Waals surface area contributed by atoms with Gasteiger partial charge in [-0.05, 0) is 56.0 Å². The van der Waals surface area contributed by atoms with Gasteiger partial charge in [0.15, 0.2) is 0 Å². The molecule has 1 aliphatic heterocycles. The van der Waals surface area contributed by atoms with Gasteiger partial charge in [0.25, 0.3) is 0 Å². The third-order valence-electron chi connectivity index (χ3n) is 4.49. The molecule has 4 heteroatoms. The average molecular weight is 290 g/mol. The molecule has 1 saturated heterocycles. The van der Waals surface area contributed by atoms with Crippen LogP contribution >= 0.6 is 0 Å². The van der Waals surface area contributed by atoms with Crippen LogP contribution in [-0.2, 0) is 4.79 Å². The Bertz CT molecular complexity index is 481. The minimum Gasteiger partial charge on any atom is -0.497 e. The van der Waals surface area contributed by atoms with E-state index in [1.54, 1.807) is 7.11 Å². The zero-order valence-corrected chi connectivity index (χ0v) is 13.2. The molecule has 2 rings (SSSR count). The highest BCUT2D eigenvalue weighted by Gasteiger charge is 2.28. The highest BCUT2D eigenvalue weighted by molar-refractivity contribution is 5.83. The van der Waals surface area contributed by atoms with Crippen LogP contribution < -0.4 is 15.4 Å². The monoisotopic (exact) mass is 290 g/mol. The van der Waals surface area contributed by atoms with Gasteiger partial charge < -0.3 is 15.4 Å². The number of hydrogen-bond donors (Lipinski definition) is 2. The molecule has 0 saturated carbocycles. The van der Waals surface area contributed by atoms with Gasteiger partial charge in [-0.3, -0.25) is 4.79 Å². The zero-order valence-electron chi connectivity index (χ0n) is 13.2. The summed E-state index contributed by atoms with van der Waals surface area (Å²) >= 11 is 0. The molecule has 1 fully saturated rings. The van der Waals surface area contributed by atoms with Crippen molar-refractivity contribution in [2.45, 2.75) is 32.6 Å². The summed E-state index contributed by atoms with van der Waals surface area (Å²) in [4.78, 5) is 12.4. The fourth-order valence-corrected chi connectivity index (χ4v) is 2.72. The van der Waals surface area contributed by atoms with Crippen molar-refractivity contribution >= 4 is 5.91 Å². The van der Waals surface area contributed by atoms with Gasteiger partial charge in [-0.2, -0.15) is 0 Å². The van der Waals surface area contributed by atoms with E-state index in [9.17, 15) is 4.79 Å². The van der Waals surface area contributed by atoms with Crippen LogP contribution in [0, 0.1) is 5.41 Å². The lowest BCUT2D eigenvalue weighted by Gasteiger charge is -2.34. The molecule has 4 nitrogen and oxygen atoms in total. The Hall–Kier alpha value is -1.55. The predicted octanol–water partition coefficient (Wildman–Crippen LogP) is 2.30. The summed E-state index contributed by atoms with van der Waals surface area (Å²) in [6, 6.07) is 7.71. The van der Waals surface area contributed by atoms with Gasteiger partial charge in [0.05, 0.1) is 13.0 Å². The van der Waals surface area contributed by atoms with Crippen LogP contribution in [0.4, 0.5) is 0 Å². The fourth-order valence-electron chi connectivity index (χ4n) is 2.72. The smallest absolute Gasteiger partial charge is 0.227 e. The quantitative estimate of drug-likeness (QED) is 0.875. The summed E-state index contributed by atoms with van der Waals surface area (Å²) in [6.07, 6.45) is 2.22. The Kier molecular flexibility index (Phi) is 5.23. The van der Waals surface area contributed by atoms with Crippen LogP contribution in [0.2, 0.25) is 0 Å². The summed E-state index contributed by atoms with van der Waals surface area (Å²) in [6.45, 7) is 7.02. The number of piperidine rings is 1. The summed E-state index contributed by atoms with van der Waals surface area (Å²) in [7, 11) is 1.64. The van der Waals surface area contributed by atoms with Crippen molar-refractivity contribution < 1.29 is 9.53 Å². The van der Waals surface area contributed by atoms with E-state index in [0.717, 1.165) is 43.8 Å². The van der Waals surface area contributed by atoms with E-state index in [1.165, 1.54) is 0 Å². The first-order chi connectivity index (χ1) is 10.0. The summed E-state index contributed by atoms with van der Waals surface area (Å²) in [5.74, 6) is 0.714. The average Bonchev–Trinajstić information content (AvgIpc) is 2.52. The van der Waals surface area contributed by atoms with Crippen LogP contribution in [-0.4, -0.2) is 32.7 Å². The molecule has 1 amide bonds. The first-order valence-corrected chi connectivity index (χ1v) is 7.66. The van der Waals surface area contributed by atoms with Crippen molar-refractivity contribution in [3.63, 3.8) is 0 Å². The lowest BCUT2D eigenvalue weighted by molar-refractivity contribution is -0.122. The van der Waals surface area contributed by atoms with Gasteiger partial charge in [-0.15, -0.1) is 0 Å². The number of methoxy groups -OCH3 is 1. The van der Waals surface area contributed by atoms with Gasteiger partial charge in [0.2, 0.25) is 5.91 Å². The van der Waals surface area contributed by atoms with Gasteiger partial charge >= 0.3 is 0 Å². The van der Waals surface area contributed by atoms with Crippen molar-refractivity contribution in [3.8, 4) is 5.75 Å². The number of nitrogens with one attached hydrogen (secondary N) is 2. The number of benzene rings is 1. The molecule has 0 aliphatic carbocycles. The Morgan fingerprint density at radius 2 is 2.14 bits per heavy atom. The van der Waals surface area contributed by atoms with Crippen LogP contribution in [0.25, 0.3) is 0 Å². The Labute approximate surface area is 127 Å². The Morgan fingerprint density at radius 1 is 1.43 bits per heavy atom. The molecule has 1 aromatic rings. The number of carbonyl (C=O) groups is 1. The Balaban J connectivity index is 1.92. The molecule has 0 aromatic heterocycles. The van der Waals surface area contributed by atoms with Gasteiger partial charge in [0.1, 0.15) is 5.75 Å². The van der Waals surface area contributed by atoms with E-state index < -0.39 is 0 Å². The highest BCUT2D eigenvalue weighted by atomic mass is 16.5. The van der Waals surface area contributed by atoms with Crippen LogP contribution in [0.3, 0.4) is 0 Å². The van der Waals surface area contributed by atoms with Gasteiger partial charge in [-0.1, -0.05) is 19.1 Å². The maximum Gasteiger partial charge on any atom is 0.227 e. The third-order valence-corrected chi connectivity index (χ3v) is 4.49. The normalized spacial score (nSPS) is 18.8. The SMILES string of the molecule is COc1cccc(C(C)C(=O)NCC2(C)CCNCC2)c1. The molecule has 1 aromatic carbocycles. The molecule has 1 aliphatic rings. The number of amides is 1. The number of rotatable bonds is 5. The number of carbonyl (C=O) groups excluding carboxylic acids is 1. The molecule has 1 unspecified atom stereocenters. The van der Waals surface area contributed by atoms with Crippen molar-refractivity contribution in [2.75, 3.05) is 26.7 Å². The topological polar surface area (TPSA) is 50.4 Å². The second kappa shape index (κ2) is 6.94. The van der Waals surface area contributed by atoms with E-state index in [1.807, 2.05) is 31.2 Å². The lowest BCUT2D eigenvalue weighted by Crippen LogP contribution is -2.43. The molecule has 0 bridgehead atoms.